The van der Waals surface area contributed by atoms with Gasteiger partial charge in [0.1, 0.15) is 0 Å². The van der Waals surface area contributed by atoms with Crippen LogP contribution in [0.2, 0.25) is 0 Å². The number of hydrogen-bond donors (Lipinski definition) is 1. The van der Waals surface area contributed by atoms with Crippen molar-refractivity contribution in [1.82, 2.24) is 15.1 Å². The van der Waals surface area contributed by atoms with Crippen molar-refractivity contribution >= 4 is 5.91 Å². The van der Waals surface area contributed by atoms with Gasteiger partial charge in [0.05, 0.1) is 37.7 Å². The largest absolute Gasteiger partial charge is 0.493 e. The van der Waals surface area contributed by atoms with Crippen LogP contribution in [0.15, 0.2) is 18.3 Å². The van der Waals surface area contributed by atoms with E-state index in [1.165, 1.54) is 5.56 Å². The number of fused-ring (bicyclic) bond motifs is 4. The number of methoxy groups -OCH3 is 2. The number of carbonyl (C=O) groups excluding carboxylic acids is 1. The molecule has 0 saturated carbocycles. The Balaban J connectivity index is 1.83. The molecule has 6 heteroatoms. The average molecular weight is 299 g/mol. The van der Waals surface area contributed by atoms with Crippen LogP contribution in [0, 0.1) is 0 Å². The zero-order valence-electron chi connectivity index (χ0n) is 12.5. The van der Waals surface area contributed by atoms with E-state index in [0.717, 1.165) is 36.4 Å². The van der Waals surface area contributed by atoms with E-state index in [-0.39, 0.29) is 11.9 Å². The van der Waals surface area contributed by atoms with Gasteiger partial charge in [0.2, 0.25) is 0 Å². The summed E-state index contributed by atoms with van der Waals surface area (Å²) in [5, 5.41) is 6.96. The fourth-order valence-corrected chi connectivity index (χ4v) is 3.49. The zero-order chi connectivity index (χ0) is 15.3. The van der Waals surface area contributed by atoms with Crippen molar-refractivity contribution in [2.45, 2.75) is 18.9 Å². The molecule has 1 aromatic carbocycles. The molecule has 1 N–H and O–H groups in total. The van der Waals surface area contributed by atoms with E-state index >= 15 is 0 Å². The summed E-state index contributed by atoms with van der Waals surface area (Å²) in [6, 6.07) is 4.06. The number of aromatic nitrogens is 2. The van der Waals surface area contributed by atoms with Crippen LogP contribution in [0.3, 0.4) is 0 Å². The molecule has 114 valence electrons. The Kier molecular flexibility index (Phi) is 2.85. The van der Waals surface area contributed by atoms with Crippen LogP contribution in [0.1, 0.15) is 33.2 Å². The second-order valence-corrected chi connectivity index (χ2v) is 5.64. The highest BCUT2D eigenvalue weighted by Crippen LogP contribution is 2.41. The number of benzene rings is 1. The fourth-order valence-electron chi connectivity index (χ4n) is 3.49. The minimum atomic E-state index is 0.0315. The van der Waals surface area contributed by atoms with Crippen molar-refractivity contribution in [3.8, 4) is 11.5 Å². The molecule has 6 nitrogen and oxygen atoms in total. The van der Waals surface area contributed by atoms with E-state index < -0.39 is 0 Å². The highest BCUT2D eigenvalue weighted by Gasteiger charge is 2.38. The van der Waals surface area contributed by atoms with E-state index in [0.29, 0.717) is 11.3 Å². The molecular weight excluding hydrogens is 282 g/mol. The first kappa shape index (κ1) is 13.2. The Morgan fingerprint density at radius 3 is 2.82 bits per heavy atom. The second kappa shape index (κ2) is 4.76. The zero-order valence-corrected chi connectivity index (χ0v) is 12.5. The number of nitrogens with one attached hydrogen (secondary N) is 1. The lowest BCUT2D eigenvalue weighted by Gasteiger charge is -2.40. The van der Waals surface area contributed by atoms with Crippen molar-refractivity contribution in [2.24, 2.45) is 0 Å². The number of nitrogens with zero attached hydrogens (tertiary/aromatic N) is 2. The molecule has 2 aliphatic rings. The van der Waals surface area contributed by atoms with Gasteiger partial charge in [0.25, 0.3) is 5.91 Å². The Hall–Kier alpha value is -2.50. The van der Waals surface area contributed by atoms with Gasteiger partial charge in [-0.25, -0.2) is 0 Å². The highest BCUT2D eigenvalue weighted by molar-refractivity contribution is 5.96. The van der Waals surface area contributed by atoms with E-state index in [1.54, 1.807) is 20.4 Å². The summed E-state index contributed by atoms with van der Waals surface area (Å²) in [4.78, 5) is 14.5. The van der Waals surface area contributed by atoms with E-state index in [2.05, 4.69) is 10.2 Å². The fraction of sp³-hybridized carbons (Fsp3) is 0.375. The standard InChI is InChI=1S/C16H17N3O3/c1-21-14-5-9-3-4-19-13(10(9)6-15(14)22-2)7-12-11(16(19)20)8-17-18-12/h5-6,8,13H,3-4,7H2,1-2H3,(H,17,18)/t13-/m1/s1. The SMILES string of the molecule is COc1cc2c(cc1OC)[C@H]1Cc3[nH]ncc3C(=O)N1CC2. The van der Waals surface area contributed by atoms with Gasteiger partial charge in [-0.1, -0.05) is 0 Å². The number of ether oxygens (including phenoxy) is 2. The predicted octanol–water partition coefficient (Wildman–Crippen LogP) is 1.72. The first-order valence-electron chi connectivity index (χ1n) is 7.31. The lowest BCUT2D eigenvalue weighted by molar-refractivity contribution is 0.0630. The molecule has 0 saturated heterocycles. The number of H-pyrrole nitrogens is 1. The maximum Gasteiger partial charge on any atom is 0.257 e. The Bertz CT molecular complexity index is 753. The predicted molar refractivity (Wildman–Crippen MR) is 79.3 cm³/mol. The van der Waals surface area contributed by atoms with Gasteiger partial charge in [-0.2, -0.15) is 5.10 Å². The summed E-state index contributed by atoms with van der Waals surface area (Å²) in [7, 11) is 3.27. The first-order chi connectivity index (χ1) is 10.7. The smallest absolute Gasteiger partial charge is 0.257 e. The summed E-state index contributed by atoms with van der Waals surface area (Å²) in [5.74, 6) is 1.49. The lowest BCUT2D eigenvalue weighted by Crippen LogP contribution is -2.44. The summed E-state index contributed by atoms with van der Waals surface area (Å²) < 4.78 is 10.8. The molecule has 2 aliphatic heterocycles. The lowest BCUT2D eigenvalue weighted by atomic mass is 9.86. The van der Waals surface area contributed by atoms with Gasteiger partial charge in [0, 0.05) is 13.0 Å². The normalized spacial score (nSPS) is 19.3. The number of hydrogen-bond acceptors (Lipinski definition) is 4. The molecule has 1 aromatic heterocycles. The van der Waals surface area contributed by atoms with Crippen molar-refractivity contribution in [3.05, 3.63) is 40.7 Å². The molecule has 0 unspecified atom stereocenters. The number of amides is 1. The minimum absolute atomic E-state index is 0.0315. The molecule has 0 bridgehead atoms. The highest BCUT2D eigenvalue weighted by atomic mass is 16.5. The summed E-state index contributed by atoms with van der Waals surface area (Å²) in [6.45, 7) is 0.719. The maximum absolute atomic E-state index is 12.6. The molecule has 22 heavy (non-hydrogen) atoms. The van der Waals surface area contributed by atoms with Crippen LogP contribution >= 0.6 is 0 Å². The molecule has 3 heterocycles. The van der Waals surface area contributed by atoms with Gasteiger partial charge in [-0.3, -0.25) is 9.89 Å². The van der Waals surface area contributed by atoms with Gasteiger partial charge in [-0.15, -0.1) is 0 Å². The minimum Gasteiger partial charge on any atom is -0.493 e. The van der Waals surface area contributed by atoms with Gasteiger partial charge >= 0.3 is 0 Å². The van der Waals surface area contributed by atoms with Crippen molar-refractivity contribution in [2.75, 3.05) is 20.8 Å². The van der Waals surface area contributed by atoms with Gasteiger partial charge in [0.15, 0.2) is 11.5 Å². The summed E-state index contributed by atoms with van der Waals surface area (Å²) in [5.41, 5.74) is 3.96. The van der Waals surface area contributed by atoms with Crippen molar-refractivity contribution < 1.29 is 14.3 Å². The van der Waals surface area contributed by atoms with Crippen molar-refractivity contribution in [1.29, 1.82) is 0 Å². The third kappa shape index (κ3) is 1.73. The molecule has 1 atom stereocenters. The van der Waals surface area contributed by atoms with Crippen LogP contribution < -0.4 is 9.47 Å². The molecule has 2 aromatic rings. The molecule has 4 rings (SSSR count). The Morgan fingerprint density at radius 1 is 1.27 bits per heavy atom. The van der Waals surface area contributed by atoms with Crippen LogP contribution in [-0.4, -0.2) is 41.8 Å². The number of carbonyl (C=O) groups is 1. The van der Waals surface area contributed by atoms with E-state index in [1.807, 2.05) is 17.0 Å². The third-order valence-electron chi connectivity index (χ3n) is 4.61. The Labute approximate surface area is 128 Å². The Morgan fingerprint density at radius 2 is 2.05 bits per heavy atom. The van der Waals surface area contributed by atoms with Gasteiger partial charge in [-0.05, 0) is 29.7 Å². The molecule has 1 amide bonds. The van der Waals surface area contributed by atoms with Crippen LogP contribution in [0.5, 0.6) is 11.5 Å². The third-order valence-corrected chi connectivity index (χ3v) is 4.61. The number of rotatable bonds is 2. The molecule has 0 radical (unpaired) electrons. The topological polar surface area (TPSA) is 67.5 Å². The molecule has 0 spiro atoms. The maximum atomic E-state index is 12.6. The summed E-state index contributed by atoms with van der Waals surface area (Å²) in [6.07, 6.45) is 3.20. The quantitative estimate of drug-likeness (QED) is 0.917. The van der Waals surface area contributed by atoms with Crippen LogP contribution in [0.25, 0.3) is 0 Å². The molecule has 0 aliphatic carbocycles. The second-order valence-electron chi connectivity index (χ2n) is 5.64. The summed E-state index contributed by atoms with van der Waals surface area (Å²) >= 11 is 0. The molecule has 0 fully saturated rings. The number of aromatic amines is 1. The van der Waals surface area contributed by atoms with E-state index in [4.69, 9.17) is 9.47 Å². The monoisotopic (exact) mass is 299 g/mol. The average Bonchev–Trinajstić information content (AvgIpc) is 3.02. The molecular formula is C16H17N3O3. The van der Waals surface area contributed by atoms with Crippen LogP contribution in [0.4, 0.5) is 0 Å². The van der Waals surface area contributed by atoms with Crippen LogP contribution in [-0.2, 0) is 12.8 Å². The first-order valence-corrected chi connectivity index (χ1v) is 7.31. The van der Waals surface area contributed by atoms with Gasteiger partial charge < -0.3 is 14.4 Å². The van der Waals surface area contributed by atoms with E-state index in [9.17, 15) is 4.79 Å². The van der Waals surface area contributed by atoms with Crippen molar-refractivity contribution in [3.63, 3.8) is 0 Å².